The molecular formula is C12H20F2O2. The number of halogens is 2. The van der Waals surface area contributed by atoms with Gasteiger partial charge in [-0.1, -0.05) is 19.8 Å². The van der Waals surface area contributed by atoms with Crippen molar-refractivity contribution in [1.29, 1.82) is 0 Å². The van der Waals surface area contributed by atoms with Gasteiger partial charge in [0.15, 0.2) is 0 Å². The second kappa shape index (κ2) is 6.16. The number of alkyl halides is 2. The predicted molar refractivity (Wildman–Crippen MR) is 57.4 cm³/mol. The van der Waals surface area contributed by atoms with Gasteiger partial charge in [0.05, 0.1) is 12.5 Å². The molecule has 0 bridgehead atoms. The Bertz CT molecular complexity index is 219. The zero-order valence-corrected chi connectivity index (χ0v) is 9.81. The van der Waals surface area contributed by atoms with E-state index in [4.69, 9.17) is 4.74 Å². The summed E-state index contributed by atoms with van der Waals surface area (Å²) in [7, 11) is 0. The quantitative estimate of drug-likeness (QED) is 0.537. The SMILES string of the molecule is CCCCCOC(=O)C1CCC(F)(F)CC1. The zero-order chi connectivity index (χ0) is 12.0. The Labute approximate surface area is 95.4 Å². The second-order valence-corrected chi connectivity index (χ2v) is 4.50. The van der Waals surface area contributed by atoms with E-state index in [2.05, 4.69) is 6.92 Å². The molecule has 0 radical (unpaired) electrons. The Balaban J connectivity index is 2.18. The summed E-state index contributed by atoms with van der Waals surface area (Å²) in [5, 5.41) is 0. The summed E-state index contributed by atoms with van der Waals surface area (Å²) in [6.45, 7) is 2.50. The molecule has 0 aliphatic heterocycles. The lowest BCUT2D eigenvalue weighted by Gasteiger charge is -2.26. The van der Waals surface area contributed by atoms with Gasteiger partial charge in [-0.25, -0.2) is 8.78 Å². The smallest absolute Gasteiger partial charge is 0.308 e. The summed E-state index contributed by atoms with van der Waals surface area (Å²) in [5.41, 5.74) is 0. The fourth-order valence-electron chi connectivity index (χ4n) is 1.92. The van der Waals surface area contributed by atoms with Crippen LogP contribution in [0, 0.1) is 5.92 Å². The third kappa shape index (κ3) is 4.45. The van der Waals surface area contributed by atoms with Crippen LogP contribution >= 0.6 is 0 Å². The summed E-state index contributed by atoms with van der Waals surface area (Å²) >= 11 is 0. The lowest BCUT2D eigenvalue weighted by molar-refractivity contribution is -0.152. The van der Waals surface area contributed by atoms with Crippen LogP contribution in [0.15, 0.2) is 0 Å². The number of esters is 1. The maximum atomic E-state index is 12.8. The topological polar surface area (TPSA) is 26.3 Å². The predicted octanol–water partition coefficient (Wildman–Crippen LogP) is 3.55. The minimum Gasteiger partial charge on any atom is -0.465 e. The van der Waals surface area contributed by atoms with E-state index in [0.717, 1.165) is 19.3 Å². The fourth-order valence-corrected chi connectivity index (χ4v) is 1.92. The molecule has 0 heterocycles. The Morgan fingerprint density at radius 3 is 2.50 bits per heavy atom. The summed E-state index contributed by atoms with van der Waals surface area (Å²) in [4.78, 5) is 11.5. The van der Waals surface area contributed by atoms with E-state index in [9.17, 15) is 13.6 Å². The molecule has 1 rings (SSSR count). The molecule has 16 heavy (non-hydrogen) atoms. The summed E-state index contributed by atoms with van der Waals surface area (Å²) in [6, 6.07) is 0. The monoisotopic (exact) mass is 234 g/mol. The molecule has 1 saturated carbocycles. The second-order valence-electron chi connectivity index (χ2n) is 4.50. The Kier molecular flexibility index (Phi) is 5.16. The molecule has 1 aliphatic carbocycles. The van der Waals surface area contributed by atoms with Crippen LogP contribution in [0.1, 0.15) is 51.9 Å². The molecular weight excluding hydrogens is 214 g/mol. The molecule has 0 aromatic heterocycles. The molecule has 0 amide bonds. The average Bonchev–Trinajstić information content (AvgIpc) is 2.24. The molecule has 4 heteroatoms. The van der Waals surface area contributed by atoms with Crippen molar-refractivity contribution in [3.8, 4) is 0 Å². The zero-order valence-electron chi connectivity index (χ0n) is 9.81. The fraction of sp³-hybridized carbons (Fsp3) is 0.917. The molecule has 0 saturated heterocycles. The third-order valence-electron chi connectivity index (χ3n) is 3.04. The van der Waals surface area contributed by atoms with Crippen molar-refractivity contribution in [3.05, 3.63) is 0 Å². The molecule has 0 spiro atoms. The standard InChI is InChI=1S/C12H20F2O2/c1-2-3-4-9-16-11(15)10-5-7-12(13,14)8-6-10/h10H,2-9H2,1H3. The first-order chi connectivity index (χ1) is 7.55. The van der Waals surface area contributed by atoms with Crippen molar-refractivity contribution >= 4 is 5.97 Å². The number of ether oxygens (including phenoxy) is 1. The van der Waals surface area contributed by atoms with Crippen LogP contribution in [0.4, 0.5) is 8.78 Å². The third-order valence-corrected chi connectivity index (χ3v) is 3.04. The molecule has 0 N–H and O–H groups in total. The highest BCUT2D eigenvalue weighted by atomic mass is 19.3. The first-order valence-electron chi connectivity index (χ1n) is 6.09. The lowest BCUT2D eigenvalue weighted by Crippen LogP contribution is -2.29. The van der Waals surface area contributed by atoms with Crippen molar-refractivity contribution in [2.24, 2.45) is 5.92 Å². The summed E-state index contributed by atoms with van der Waals surface area (Å²) in [6.07, 6.45) is 3.15. The lowest BCUT2D eigenvalue weighted by atomic mass is 9.87. The molecule has 1 fully saturated rings. The molecule has 94 valence electrons. The number of rotatable bonds is 5. The maximum absolute atomic E-state index is 12.8. The molecule has 0 aromatic rings. The molecule has 0 aromatic carbocycles. The number of carbonyl (C=O) groups excluding carboxylic acids is 1. The van der Waals surface area contributed by atoms with E-state index in [-0.39, 0.29) is 37.6 Å². The van der Waals surface area contributed by atoms with E-state index in [1.54, 1.807) is 0 Å². The van der Waals surface area contributed by atoms with Crippen LogP contribution in [0.2, 0.25) is 0 Å². The van der Waals surface area contributed by atoms with Crippen molar-refractivity contribution in [3.63, 3.8) is 0 Å². The minimum atomic E-state index is -2.57. The van der Waals surface area contributed by atoms with Crippen LogP contribution < -0.4 is 0 Å². The van der Waals surface area contributed by atoms with Crippen LogP contribution in [-0.4, -0.2) is 18.5 Å². The summed E-state index contributed by atoms with van der Waals surface area (Å²) in [5.74, 6) is -3.16. The van der Waals surface area contributed by atoms with Gasteiger partial charge in [0, 0.05) is 12.8 Å². The van der Waals surface area contributed by atoms with Crippen LogP contribution in [0.25, 0.3) is 0 Å². The van der Waals surface area contributed by atoms with Crippen molar-refractivity contribution in [1.82, 2.24) is 0 Å². The van der Waals surface area contributed by atoms with Gasteiger partial charge in [-0.3, -0.25) is 4.79 Å². The van der Waals surface area contributed by atoms with Crippen LogP contribution in [0.3, 0.4) is 0 Å². The number of unbranched alkanes of at least 4 members (excludes halogenated alkanes) is 2. The van der Waals surface area contributed by atoms with E-state index in [0.29, 0.717) is 6.61 Å². The first kappa shape index (κ1) is 13.4. The van der Waals surface area contributed by atoms with Gasteiger partial charge >= 0.3 is 5.97 Å². The van der Waals surface area contributed by atoms with E-state index in [1.165, 1.54) is 0 Å². The van der Waals surface area contributed by atoms with Gasteiger partial charge < -0.3 is 4.74 Å². The highest BCUT2D eigenvalue weighted by molar-refractivity contribution is 5.72. The van der Waals surface area contributed by atoms with E-state index >= 15 is 0 Å². The van der Waals surface area contributed by atoms with Crippen molar-refractivity contribution in [2.45, 2.75) is 57.8 Å². The van der Waals surface area contributed by atoms with E-state index < -0.39 is 5.92 Å². The Hall–Kier alpha value is -0.670. The summed E-state index contributed by atoms with van der Waals surface area (Å²) < 4.78 is 30.8. The Morgan fingerprint density at radius 1 is 1.31 bits per heavy atom. The normalized spacial score (nSPS) is 20.7. The maximum Gasteiger partial charge on any atom is 0.308 e. The van der Waals surface area contributed by atoms with Crippen molar-refractivity contribution in [2.75, 3.05) is 6.61 Å². The highest BCUT2D eigenvalue weighted by Crippen LogP contribution is 2.36. The van der Waals surface area contributed by atoms with Gasteiger partial charge in [-0.2, -0.15) is 0 Å². The van der Waals surface area contributed by atoms with Gasteiger partial charge in [0.1, 0.15) is 0 Å². The van der Waals surface area contributed by atoms with Crippen molar-refractivity contribution < 1.29 is 18.3 Å². The number of carbonyl (C=O) groups is 1. The molecule has 1 aliphatic rings. The van der Waals surface area contributed by atoms with Crippen LogP contribution in [0.5, 0.6) is 0 Å². The average molecular weight is 234 g/mol. The first-order valence-corrected chi connectivity index (χ1v) is 6.09. The van der Waals surface area contributed by atoms with Gasteiger partial charge in [-0.05, 0) is 19.3 Å². The molecule has 2 nitrogen and oxygen atoms in total. The van der Waals surface area contributed by atoms with Gasteiger partial charge in [0.2, 0.25) is 5.92 Å². The van der Waals surface area contributed by atoms with E-state index in [1.807, 2.05) is 0 Å². The Morgan fingerprint density at radius 2 is 1.94 bits per heavy atom. The van der Waals surface area contributed by atoms with Gasteiger partial charge in [0.25, 0.3) is 0 Å². The number of hydrogen-bond acceptors (Lipinski definition) is 2. The minimum absolute atomic E-state index is 0.179. The van der Waals surface area contributed by atoms with Gasteiger partial charge in [-0.15, -0.1) is 0 Å². The largest absolute Gasteiger partial charge is 0.465 e. The van der Waals surface area contributed by atoms with Crippen LogP contribution in [-0.2, 0) is 9.53 Å². The molecule has 0 atom stereocenters. The number of hydrogen-bond donors (Lipinski definition) is 0. The highest BCUT2D eigenvalue weighted by Gasteiger charge is 2.37. The molecule has 0 unspecified atom stereocenters.